The molecule has 0 spiro atoms. The number of fused-ring (bicyclic) bond motifs is 1. The molecule has 3 nitrogen and oxygen atoms in total. The molecule has 2 rings (SSSR count). The summed E-state index contributed by atoms with van der Waals surface area (Å²) < 4.78 is 11.9. The van der Waals surface area contributed by atoms with Crippen molar-refractivity contribution in [2.24, 2.45) is 11.3 Å². The molecule has 0 saturated carbocycles. The van der Waals surface area contributed by atoms with Gasteiger partial charge >= 0.3 is 0 Å². The number of alkyl halides is 1. The van der Waals surface area contributed by atoms with Gasteiger partial charge in [-0.05, 0) is 38.3 Å². The highest BCUT2D eigenvalue weighted by atomic mass is 19.1. The lowest BCUT2D eigenvalue weighted by Crippen LogP contribution is -2.36. The lowest BCUT2D eigenvalue weighted by molar-refractivity contribution is 0.124. The minimum absolute atomic E-state index is 0.111. The number of hydrogen-bond donors (Lipinski definition) is 2. The zero-order valence-corrected chi connectivity index (χ0v) is 9.92. The largest absolute Gasteiger partial charge is 0.396 e. The fraction of sp³-hybridized carbons (Fsp3) is 1.00. The van der Waals surface area contributed by atoms with Gasteiger partial charge in [0.2, 0.25) is 0 Å². The number of hydrogen-bond acceptors (Lipinski definition) is 3. The Kier molecular flexibility index (Phi) is 4.16. The molecule has 0 aromatic rings. The Hall–Kier alpha value is -0.190. The van der Waals surface area contributed by atoms with E-state index < -0.39 is 0 Å². The van der Waals surface area contributed by atoms with Crippen molar-refractivity contribution in [3.05, 3.63) is 0 Å². The van der Waals surface area contributed by atoms with Crippen LogP contribution in [0.2, 0.25) is 0 Å². The summed E-state index contributed by atoms with van der Waals surface area (Å²) in [5.41, 5.74) is 0.111. The minimum atomic E-state index is -0.187. The summed E-state index contributed by atoms with van der Waals surface area (Å²) in [5.74, 6) is 0.610. The normalized spacial score (nSPS) is 34.5. The average Bonchev–Trinajstić information content (AvgIpc) is 2.81. The number of rotatable bonds is 6. The van der Waals surface area contributed by atoms with Crippen LogP contribution >= 0.6 is 0 Å². The lowest BCUT2D eigenvalue weighted by Gasteiger charge is -2.25. The maximum absolute atomic E-state index is 11.9. The third kappa shape index (κ3) is 2.39. The first-order valence-corrected chi connectivity index (χ1v) is 6.41. The van der Waals surface area contributed by atoms with Crippen LogP contribution in [0.1, 0.15) is 19.3 Å². The van der Waals surface area contributed by atoms with Crippen molar-refractivity contribution in [1.29, 1.82) is 0 Å². The zero-order valence-electron chi connectivity index (χ0n) is 9.92. The second-order valence-electron chi connectivity index (χ2n) is 5.33. The lowest BCUT2D eigenvalue weighted by atomic mass is 9.82. The van der Waals surface area contributed by atoms with Gasteiger partial charge in [-0.15, -0.1) is 0 Å². The highest BCUT2D eigenvalue weighted by Gasteiger charge is 2.48. The van der Waals surface area contributed by atoms with Crippen molar-refractivity contribution in [2.45, 2.75) is 19.3 Å². The molecule has 2 heterocycles. The van der Waals surface area contributed by atoms with Crippen molar-refractivity contribution in [1.82, 2.24) is 10.2 Å². The van der Waals surface area contributed by atoms with E-state index in [2.05, 4.69) is 10.2 Å². The first-order chi connectivity index (χ1) is 7.80. The van der Waals surface area contributed by atoms with Gasteiger partial charge in [-0.1, -0.05) is 0 Å². The van der Waals surface area contributed by atoms with Crippen LogP contribution in [0.5, 0.6) is 0 Å². The molecule has 0 amide bonds. The van der Waals surface area contributed by atoms with E-state index >= 15 is 0 Å². The van der Waals surface area contributed by atoms with E-state index in [1.165, 1.54) is 0 Å². The van der Waals surface area contributed by atoms with Gasteiger partial charge in [-0.3, -0.25) is 4.39 Å². The van der Waals surface area contributed by atoms with Crippen molar-refractivity contribution >= 4 is 0 Å². The standard InChI is InChI=1S/C12H23FN2O/c13-4-2-1-3-5-15-7-11-6-14-8-12(11,9-15)10-16/h11,14,16H,1-10H2. The third-order valence-corrected chi connectivity index (χ3v) is 4.17. The topological polar surface area (TPSA) is 35.5 Å². The summed E-state index contributed by atoms with van der Waals surface area (Å²) in [5, 5.41) is 12.9. The van der Waals surface area contributed by atoms with Crippen molar-refractivity contribution < 1.29 is 9.50 Å². The van der Waals surface area contributed by atoms with E-state index in [0.29, 0.717) is 18.9 Å². The highest BCUT2D eigenvalue weighted by molar-refractivity contribution is 5.02. The summed E-state index contributed by atoms with van der Waals surface area (Å²) >= 11 is 0. The molecule has 4 heteroatoms. The number of halogens is 1. The maximum Gasteiger partial charge on any atom is 0.0894 e. The molecule has 2 fully saturated rings. The molecule has 2 aliphatic rings. The summed E-state index contributed by atoms with van der Waals surface area (Å²) in [7, 11) is 0. The van der Waals surface area contributed by atoms with Crippen LogP contribution in [0.25, 0.3) is 0 Å². The van der Waals surface area contributed by atoms with Crippen LogP contribution < -0.4 is 5.32 Å². The molecular weight excluding hydrogens is 207 g/mol. The fourth-order valence-corrected chi connectivity index (χ4v) is 3.13. The molecule has 0 bridgehead atoms. The Morgan fingerprint density at radius 1 is 1.38 bits per heavy atom. The van der Waals surface area contributed by atoms with E-state index in [9.17, 15) is 9.50 Å². The molecule has 0 aromatic heterocycles. The summed E-state index contributed by atoms with van der Waals surface area (Å²) in [6.07, 6.45) is 2.78. The van der Waals surface area contributed by atoms with E-state index in [-0.39, 0.29) is 12.1 Å². The van der Waals surface area contributed by atoms with Crippen LogP contribution in [-0.2, 0) is 0 Å². The molecule has 2 N–H and O–H groups in total. The number of nitrogens with one attached hydrogen (secondary N) is 1. The Morgan fingerprint density at radius 3 is 2.94 bits per heavy atom. The molecule has 2 unspecified atom stereocenters. The van der Waals surface area contributed by atoms with Crippen LogP contribution in [0.4, 0.5) is 4.39 Å². The molecule has 2 aliphatic heterocycles. The molecule has 16 heavy (non-hydrogen) atoms. The smallest absolute Gasteiger partial charge is 0.0894 e. The molecule has 2 atom stereocenters. The number of unbranched alkanes of at least 4 members (excludes halogenated alkanes) is 2. The van der Waals surface area contributed by atoms with Gasteiger partial charge in [0.15, 0.2) is 0 Å². The molecule has 2 saturated heterocycles. The summed E-state index contributed by atoms with van der Waals surface area (Å²) in [6.45, 7) is 5.29. The number of aliphatic hydroxyl groups is 1. The van der Waals surface area contributed by atoms with Gasteiger partial charge < -0.3 is 15.3 Å². The van der Waals surface area contributed by atoms with Gasteiger partial charge in [-0.25, -0.2) is 0 Å². The Balaban J connectivity index is 1.74. The van der Waals surface area contributed by atoms with Crippen LogP contribution in [0, 0.1) is 11.3 Å². The van der Waals surface area contributed by atoms with E-state index in [1.54, 1.807) is 0 Å². The monoisotopic (exact) mass is 230 g/mol. The SMILES string of the molecule is OCC12CNCC1CN(CCCCCF)C2. The number of nitrogens with zero attached hydrogens (tertiary/aromatic N) is 1. The van der Waals surface area contributed by atoms with Gasteiger partial charge in [-0.2, -0.15) is 0 Å². The van der Waals surface area contributed by atoms with Gasteiger partial charge in [0.1, 0.15) is 0 Å². The van der Waals surface area contributed by atoms with Crippen molar-refractivity contribution in [3.8, 4) is 0 Å². The predicted molar refractivity (Wildman–Crippen MR) is 62.1 cm³/mol. The Morgan fingerprint density at radius 2 is 2.25 bits per heavy atom. The summed E-state index contributed by atoms with van der Waals surface area (Å²) in [4.78, 5) is 2.44. The molecule has 0 aliphatic carbocycles. The Labute approximate surface area is 97.0 Å². The Bertz CT molecular complexity index is 227. The van der Waals surface area contributed by atoms with E-state index in [1.807, 2.05) is 0 Å². The average molecular weight is 230 g/mol. The highest BCUT2D eigenvalue weighted by Crippen LogP contribution is 2.38. The van der Waals surface area contributed by atoms with Crippen LogP contribution in [0.15, 0.2) is 0 Å². The summed E-state index contributed by atoms with van der Waals surface area (Å²) in [6, 6.07) is 0. The number of likely N-dealkylation sites (tertiary alicyclic amines) is 1. The van der Waals surface area contributed by atoms with Gasteiger partial charge in [0, 0.05) is 25.0 Å². The first-order valence-electron chi connectivity index (χ1n) is 6.41. The molecule has 94 valence electrons. The molecule has 0 aromatic carbocycles. The first kappa shape index (κ1) is 12.3. The second kappa shape index (κ2) is 5.43. The molecular formula is C12H23FN2O. The third-order valence-electron chi connectivity index (χ3n) is 4.17. The fourth-order valence-electron chi connectivity index (χ4n) is 3.13. The second-order valence-corrected chi connectivity index (χ2v) is 5.33. The maximum atomic E-state index is 11.9. The molecule has 0 radical (unpaired) electrons. The van der Waals surface area contributed by atoms with Crippen molar-refractivity contribution in [3.63, 3.8) is 0 Å². The van der Waals surface area contributed by atoms with E-state index in [4.69, 9.17) is 0 Å². The van der Waals surface area contributed by atoms with Crippen LogP contribution in [0.3, 0.4) is 0 Å². The quantitative estimate of drug-likeness (QED) is 0.657. The zero-order chi connectivity index (χ0) is 11.4. The van der Waals surface area contributed by atoms with Crippen molar-refractivity contribution in [2.75, 3.05) is 46.0 Å². The van der Waals surface area contributed by atoms with Gasteiger partial charge in [0.25, 0.3) is 0 Å². The minimum Gasteiger partial charge on any atom is -0.396 e. The van der Waals surface area contributed by atoms with E-state index in [0.717, 1.165) is 45.6 Å². The van der Waals surface area contributed by atoms with Gasteiger partial charge in [0.05, 0.1) is 13.3 Å². The van der Waals surface area contributed by atoms with Crippen LogP contribution in [-0.4, -0.2) is 56.0 Å². The predicted octanol–water partition coefficient (Wildman–Crippen LogP) is 0.640. The number of aliphatic hydroxyl groups excluding tert-OH is 1.